The summed E-state index contributed by atoms with van der Waals surface area (Å²) in [7, 11) is 0. The number of nitrogens with zero attached hydrogens (tertiary/aromatic N) is 1. The van der Waals surface area contributed by atoms with Crippen LogP contribution in [0.4, 0.5) is 13.6 Å². The van der Waals surface area contributed by atoms with Gasteiger partial charge in [0.1, 0.15) is 5.60 Å². The van der Waals surface area contributed by atoms with Crippen molar-refractivity contribution < 1.29 is 18.3 Å². The number of likely N-dealkylation sites (tertiary alicyclic amines) is 1. The lowest BCUT2D eigenvalue weighted by molar-refractivity contribution is 0.0218. The second kappa shape index (κ2) is 7.20. The van der Waals surface area contributed by atoms with Gasteiger partial charge in [0.15, 0.2) is 0 Å². The largest absolute Gasteiger partial charge is 0.444 e. The number of carbonyl (C=O) groups is 1. The maximum atomic E-state index is 12.4. The lowest BCUT2D eigenvalue weighted by atomic mass is 10.1. The van der Waals surface area contributed by atoms with E-state index in [4.69, 9.17) is 4.74 Å². The van der Waals surface area contributed by atoms with Gasteiger partial charge in [-0.25, -0.2) is 13.6 Å². The fourth-order valence-corrected chi connectivity index (χ4v) is 2.26. The van der Waals surface area contributed by atoms with Crippen LogP contribution in [0.5, 0.6) is 0 Å². The number of hydrogen-bond acceptors (Lipinski definition) is 3. The molecule has 0 aromatic carbocycles. The molecule has 1 rings (SSSR count). The maximum Gasteiger partial charge on any atom is 0.410 e. The van der Waals surface area contributed by atoms with Crippen LogP contribution in [-0.2, 0) is 4.74 Å². The highest BCUT2D eigenvalue weighted by Gasteiger charge is 2.31. The third kappa shape index (κ3) is 5.61. The minimum Gasteiger partial charge on any atom is -0.444 e. The van der Waals surface area contributed by atoms with Crippen molar-refractivity contribution in [1.82, 2.24) is 10.2 Å². The number of nitrogens with one attached hydrogen (secondary N) is 1. The Morgan fingerprint density at radius 1 is 1.45 bits per heavy atom. The molecule has 0 aromatic rings. The smallest absolute Gasteiger partial charge is 0.410 e. The van der Waals surface area contributed by atoms with E-state index in [0.717, 1.165) is 12.8 Å². The molecule has 0 spiro atoms. The van der Waals surface area contributed by atoms with Crippen molar-refractivity contribution in [2.45, 2.75) is 71.1 Å². The maximum absolute atomic E-state index is 12.4. The van der Waals surface area contributed by atoms with Crippen LogP contribution in [0.1, 0.15) is 47.0 Å². The molecule has 0 bridgehead atoms. The van der Waals surface area contributed by atoms with Crippen molar-refractivity contribution in [3.05, 3.63) is 0 Å². The number of amides is 1. The van der Waals surface area contributed by atoms with E-state index < -0.39 is 18.1 Å². The molecule has 0 aromatic heterocycles. The second-order valence-corrected chi connectivity index (χ2v) is 6.34. The average molecular weight is 292 g/mol. The molecule has 118 valence electrons. The molecule has 1 N–H and O–H groups in total. The molecule has 20 heavy (non-hydrogen) atoms. The summed E-state index contributed by atoms with van der Waals surface area (Å²) in [4.78, 5) is 13.8. The summed E-state index contributed by atoms with van der Waals surface area (Å²) in [5.41, 5.74) is -0.507. The van der Waals surface area contributed by atoms with Crippen molar-refractivity contribution in [3.8, 4) is 0 Å². The summed E-state index contributed by atoms with van der Waals surface area (Å²) in [6.45, 7) is 8.13. The number of carbonyl (C=O) groups excluding carboxylic acids is 1. The van der Waals surface area contributed by atoms with E-state index in [2.05, 4.69) is 5.32 Å². The van der Waals surface area contributed by atoms with E-state index in [1.165, 1.54) is 6.92 Å². The van der Waals surface area contributed by atoms with Crippen LogP contribution in [0.3, 0.4) is 0 Å². The third-order valence-corrected chi connectivity index (χ3v) is 3.33. The van der Waals surface area contributed by atoms with Crippen LogP contribution in [0.2, 0.25) is 0 Å². The summed E-state index contributed by atoms with van der Waals surface area (Å²) in [5, 5.41) is 2.79. The second-order valence-electron chi connectivity index (χ2n) is 6.34. The molecule has 4 nitrogen and oxygen atoms in total. The molecule has 0 radical (unpaired) electrons. The summed E-state index contributed by atoms with van der Waals surface area (Å²) < 4.78 is 30.1. The first-order valence-electron chi connectivity index (χ1n) is 7.22. The van der Waals surface area contributed by atoms with Gasteiger partial charge in [-0.3, -0.25) is 0 Å². The zero-order valence-corrected chi connectivity index (χ0v) is 12.8. The molecule has 1 aliphatic heterocycles. The number of halogens is 2. The fraction of sp³-hybridized carbons (Fsp3) is 0.929. The summed E-state index contributed by atoms with van der Waals surface area (Å²) in [6.07, 6.45) is -0.142. The molecule has 6 heteroatoms. The van der Waals surface area contributed by atoms with Crippen molar-refractivity contribution in [2.24, 2.45) is 0 Å². The topological polar surface area (TPSA) is 41.6 Å². The molecule has 1 fully saturated rings. The van der Waals surface area contributed by atoms with Gasteiger partial charge in [-0.2, -0.15) is 0 Å². The van der Waals surface area contributed by atoms with Crippen LogP contribution in [0.25, 0.3) is 0 Å². The molecule has 0 aliphatic carbocycles. The van der Waals surface area contributed by atoms with Gasteiger partial charge in [0, 0.05) is 12.6 Å². The highest BCUT2D eigenvalue weighted by Crippen LogP contribution is 2.22. The van der Waals surface area contributed by atoms with E-state index in [-0.39, 0.29) is 12.1 Å². The van der Waals surface area contributed by atoms with E-state index in [1.54, 1.807) is 4.90 Å². The van der Waals surface area contributed by atoms with Gasteiger partial charge in [-0.1, -0.05) is 0 Å². The Bertz CT molecular complexity index is 319. The molecule has 1 heterocycles. The van der Waals surface area contributed by atoms with Gasteiger partial charge in [0.05, 0.1) is 6.04 Å². The lowest BCUT2D eigenvalue weighted by Crippen LogP contribution is -2.42. The standard InChI is InChI=1S/C14H26F2N2O2/c1-10(12(15)16)17-8-7-11-6-5-9-18(11)13(19)20-14(2,3)4/h10-12,17H,5-9H2,1-4H3. The Balaban J connectivity index is 2.39. The predicted octanol–water partition coefficient (Wildman–Crippen LogP) is 3.02. The Hall–Kier alpha value is -0.910. The Morgan fingerprint density at radius 3 is 2.65 bits per heavy atom. The monoisotopic (exact) mass is 292 g/mol. The van der Waals surface area contributed by atoms with Crippen molar-refractivity contribution in [1.29, 1.82) is 0 Å². The van der Waals surface area contributed by atoms with Gasteiger partial charge < -0.3 is 15.0 Å². The first kappa shape index (κ1) is 17.1. The summed E-state index contributed by atoms with van der Waals surface area (Å²) in [6, 6.07) is -0.728. The van der Waals surface area contributed by atoms with Crippen molar-refractivity contribution in [2.75, 3.05) is 13.1 Å². The Labute approximate surface area is 119 Å². The molecule has 0 saturated carbocycles. The highest BCUT2D eigenvalue weighted by atomic mass is 19.3. The van der Waals surface area contributed by atoms with Gasteiger partial charge in [-0.15, -0.1) is 0 Å². The highest BCUT2D eigenvalue weighted by molar-refractivity contribution is 5.68. The molecular weight excluding hydrogens is 266 g/mol. The van der Waals surface area contributed by atoms with E-state index in [0.29, 0.717) is 19.5 Å². The molecule has 1 saturated heterocycles. The molecule has 2 unspecified atom stereocenters. The SMILES string of the molecule is CC(NCCC1CCCN1C(=O)OC(C)(C)C)C(F)F. The van der Waals surface area contributed by atoms with Crippen LogP contribution in [0.15, 0.2) is 0 Å². The van der Waals surface area contributed by atoms with E-state index in [1.807, 2.05) is 20.8 Å². The molecule has 1 amide bonds. The quantitative estimate of drug-likeness (QED) is 0.847. The fourth-order valence-electron chi connectivity index (χ4n) is 2.26. The number of alkyl halides is 2. The zero-order valence-electron chi connectivity index (χ0n) is 12.8. The summed E-state index contributed by atoms with van der Waals surface area (Å²) in [5.74, 6) is 0. The van der Waals surface area contributed by atoms with Crippen LogP contribution >= 0.6 is 0 Å². The Kier molecular flexibility index (Phi) is 6.17. The minimum atomic E-state index is -2.36. The van der Waals surface area contributed by atoms with Crippen LogP contribution in [-0.4, -0.2) is 48.2 Å². The number of rotatable bonds is 5. The van der Waals surface area contributed by atoms with Gasteiger partial charge in [0.2, 0.25) is 0 Å². The molecule has 2 atom stereocenters. The van der Waals surface area contributed by atoms with Gasteiger partial charge in [-0.05, 0) is 53.5 Å². The Morgan fingerprint density at radius 2 is 2.10 bits per heavy atom. The van der Waals surface area contributed by atoms with Gasteiger partial charge >= 0.3 is 6.09 Å². The van der Waals surface area contributed by atoms with Crippen LogP contribution in [0, 0.1) is 0 Å². The van der Waals surface area contributed by atoms with Crippen molar-refractivity contribution >= 4 is 6.09 Å². The summed E-state index contributed by atoms with van der Waals surface area (Å²) >= 11 is 0. The molecule has 1 aliphatic rings. The van der Waals surface area contributed by atoms with E-state index >= 15 is 0 Å². The first-order valence-corrected chi connectivity index (χ1v) is 7.22. The number of ether oxygens (including phenoxy) is 1. The lowest BCUT2D eigenvalue weighted by Gasteiger charge is -2.29. The van der Waals surface area contributed by atoms with Crippen molar-refractivity contribution in [3.63, 3.8) is 0 Å². The average Bonchev–Trinajstić information content (AvgIpc) is 2.74. The van der Waals surface area contributed by atoms with Gasteiger partial charge in [0.25, 0.3) is 6.43 Å². The van der Waals surface area contributed by atoms with E-state index in [9.17, 15) is 13.6 Å². The zero-order chi connectivity index (χ0) is 15.3. The minimum absolute atomic E-state index is 0.0854. The normalized spacial score (nSPS) is 21.4. The van der Waals surface area contributed by atoms with Crippen LogP contribution < -0.4 is 5.32 Å². The molecular formula is C14H26F2N2O2. The third-order valence-electron chi connectivity index (χ3n) is 3.33. The predicted molar refractivity (Wildman–Crippen MR) is 74.0 cm³/mol. The first-order chi connectivity index (χ1) is 9.20. The number of hydrogen-bond donors (Lipinski definition) is 1.